The monoisotopic (exact) mass is 444 g/mol. The Balaban J connectivity index is 2.04. The number of nitrogens with one attached hydrogen (secondary N) is 2. The predicted octanol–water partition coefficient (Wildman–Crippen LogP) is 1.92. The molecule has 0 aliphatic heterocycles. The van der Waals surface area contributed by atoms with Gasteiger partial charge in [0.1, 0.15) is 13.2 Å². The molecule has 32 heavy (non-hydrogen) atoms. The average Bonchev–Trinajstić information content (AvgIpc) is 2.83. The summed E-state index contributed by atoms with van der Waals surface area (Å²) in [7, 11) is 2.13. The molecule has 0 spiro atoms. The molecular formula is C22H24N2O8. The largest absolute Gasteiger partial charge is 0.467 e. The molecule has 10 nitrogen and oxygen atoms in total. The summed E-state index contributed by atoms with van der Waals surface area (Å²) < 4.78 is 19.5. The van der Waals surface area contributed by atoms with Gasteiger partial charge in [-0.2, -0.15) is 0 Å². The molecule has 2 N–H and O–H groups in total. The highest BCUT2D eigenvalue weighted by molar-refractivity contribution is 5.92. The number of amides is 2. The summed E-state index contributed by atoms with van der Waals surface area (Å²) in [5.41, 5.74) is 1.42. The van der Waals surface area contributed by atoms with Crippen molar-refractivity contribution in [3.05, 3.63) is 71.8 Å². The second kappa shape index (κ2) is 12.6. The van der Waals surface area contributed by atoms with Gasteiger partial charge in [0.25, 0.3) is 0 Å². The van der Waals surface area contributed by atoms with Gasteiger partial charge < -0.3 is 29.6 Å². The van der Waals surface area contributed by atoms with E-state index in [0.717, 1.165) is 14.2 Å². The first-order valence-corrected chi connectivity index (χ1v) is 9.54. The summed E-state index contributed by atoms with van der Waals surface area (Å²) >= 11 is 0. The van der Waals surface area contributed by atoms with Gasteiger partial charge in [-0.05, 0) is 11.1 Å². The zero-order valence-electron chi connectivity index (χ0n) is 17.6. The first-order valence-electron chi connectivity index (χ1n) is 9.54. The zero-order chi connectivity index (χ0) is 23.3. The van der Waals surface area contributed by atoms with E-state index in [0.29, 0.717) is 11.1 Å². The quantitative estimate of drug-likeness (QED) is 0.443. The molecule has 0 saturated heterocycles. The Labute approximate surface area is 184 Å². The van der Waals surface area contributed by atoms with Crippen LogP contribution in [-0.2, 0) is 41.8 Å². The molecule has 0 radical (unpaired) electrons. The van der Waals surface area contributed by atoms with Crippen LogP contribution < -0.4 is 10.6 Å². The fraction of sp³-hybridized carbons (Fsp3) is 0.273. The summed E-state index contributed by atoms with van der Waals surface area (Å²) in [5, 5.41) is 4.45. The van der Waals surface area contributed by atoms with Crippen molar-refractivity contribution in [3.8, 4) is 0 Å². The number of hydrogen-bond donors (Lipinski definition) is 2. The number of carbonyl (C=O) groups excluding carboxylic acids is 4. The summed E-state index contributed by atoms with van der Waals surface area (Å²) in [6.07, 6.45) is -2.00. The van der Waals surface area contributed by atoms with Crippen LogP contribution in [-0.4, -0.2) is 50.4 Å². The third-order valence-corrected chi connectivity index (χ3v) is 4.22. The number of alkyl carbamates (subject to hydrolysis) is 2. The van der Waals surface area contributed by atoms with Gasteiger partial charge in [-0.15, -0.1) is 0 Å². The van der Waals surface area contributed by atoms with Crippen molar-refractivity contribution in [1.29, 1.82) is 0 Å². The van der Waals surface area contributed by atoms with E-state index in [1.807, 2.05) is 0 Å². The molecule has 0 aliphatic rings. The molecule has 0 heterocycles. The van der Waals surface area contributed by atoms with E-state index in [2.05, 4.69) is 20.1 Å². The lowest BCUT2D eigenvalue weighted by Gasteiger charge is -2.24. The maximum absolute atomic E-state index is 12.3. The van der Waals surface area contributed by atoms with Gasteiger partial charge in [0, 0.05) is 0 Å². The van der Waals surface area contributed by atoms with Crippen molar-refractivity contribution in [2.75, 3.05) is 14.2 Å². The van der Waals surface area contributed by atoms with Gasteiger partial charge in [0.05, 0.1) is 14.2 Å². The maximum atomic E-state index is 12.3. The Morgan fingerprint density at radius 2 is 1.00 bits per heavy atom. The fourth-order valence-corrected chi connectivity index (χ4v) is 2.59. The van der Waals surface area contributed by atoms with Gasteiger partial charge >= 0.3 is 24.1 Å². The first kappa shape index (κ1) is 24.2. The lowest BCUT2D eigenvalue weighted by atomic mass is 10.1. The van der Waals surface area contributed by atoms with Gasteiger partial charge in [-0.1, -0.05) is 60.7 Å². The van der Waals surface area contributed by atoms with E-state index in [4.69, 9.17) is 9.47 Å². The number of benzene rings is 2. The van der Waals surface area contributed by atoms with Crippen LogP contribution in [0, 0.1) is 0 Å². The molecule has 0 bridgehead atoms. The molecule has 2 aromatic rings. The molecule has 0 aliphatic carbocycles. The van der Waals surface area contributed by atoms with Crippen molar-refractivity contribution in [1.82, 2.24) is 10.6 Å². The number of carbonyl (C=O) groups is 4. The van der Waals surface area contributed by atoms with Crippen LogP contribution in [0.1, 0.15) is 11.1 Å². The summed E-state index contributed by atoms with van der Waals surface area (Å²) in [4.78, 5) is 48.9. The first-order chi connectivity index (χ1) is 15.4. The second-order valence-corrected chi connectivity index (χ2v) is 6.41. The van der Waals surface area contributed by atoms with E-state index >= 15 is 0 Å². The van der Waals surface area contributed by atoms with Crippen molar-refractivity contribution in [2.24, 2.45) is 0 Å². The SMILES string of the molecule is COC(=O)[C@@H](NC(=O)OCc1ccccc1)[C@@H](NC(=O)OCc1ccccc1)C(=O)OC. The zero-order valence-corrected chi connectivity index (χ0v) is 17.6. The maximum Gasteiger partial charge on any atom is 0.408 e. The minimum absolute atomic E-state index is 0.0734. The van der Waals surface area contributed by atoms with Crippen LogP contribution in [0.2, 0.25) is 0 Å². The Morgan fingerprint density at radius 3 is 1.31 bits per heavy atom. The summed E-state index contributed by atoms with van der Waals surface area (Å²) in [5.74, 6) is -2.00. The van der Waals surface area contributed by atoms with E-state index in [-0.39, 0.29) is 13.2 Å². The average molecular weight is 444 g/mol. The van der Waals surface area contributed by atoms with E-state index < -0.39 is 36.2 Å². The van der Waals surface area contributed by atoms with Crippen molar-refractivity contribution < 1.29 is 38.1 Å². The van der Waals surface area contributed by atoms with Gasteiger partial charge in [-0.25, -0.2) is 19.2 Å². The molecule has 0 unspecified atom stereocenters. The molecule has 2 aromatic carbocycles. The Hall–Kier alpha value is -4.08. The Bertz CT molecular complexity index is 829. The molecule has 0 saturated carbocycles. The molecule has 170 valence electrons. The standard InChI is InChI=1S/C22H24N2O8/c1-29-19(25)17(23-21(27)31-13-15-9-5-3-6-10-15)18(20(26)30-2)24-22(28)32-14-16-11-7-4-8-12-16/h3-12,17-18H,13-14H2,1-2H3,(H,23,27)(H,24,28)/t17-,18+. The summed E-state index contributed by atoms with van der Waals surface area (Å²) in [6.45, 7) is -0.147. The highest BCUT2D eigenvalue weighted by atomic mass is 16.6. The molecule has 0 fully saturated rings. The number of rotatable bonds is 9. The van der Waals surface area contributed by atoms with Crippen LogP contribution in [0.4, 0.5) is 9.59 Å². The molecular weight excluding hydrogens is 420 g/mol. The number of methoxy groups -OCH3 is 2. The van der Waals surface area contributed by atoms with Crippen LogP contribution in [0.25, 0.3) is 0 Å². The Kier molecular flexibility index (Phi) is 9.51. The Morgan fingerprint density at radius 1 is 0.656 bits per heavy atom. The van der Waals surface area contributed by atoms with E-state index in [1.54, 1.807) is 60.7 Å². The van der Waals surface area contributed by atoms with Crippen molar-refractivity contribution in [2.45, 2.75) is 25.3 Å². The second-order valence-electron chi connectivity index (χ2n) is 6.41. The van der Waals surface area contributed by atoms with Crippen molar-refractivity contribution >= 4 is 24.1 Å². The molecule has 2 atom stereocenters. The van der Waals surface area contributed by atoms with Crippen LogP contribution >= 0.6 is 0 Å². The minimum Gasteiger partial charge on any atom is -0.467 e. The third kappa shape index (κ3) is 7.63. The lowest BCUT2D eigenvalue weighted by molar-refractivity contribution is -0.151. The van der Waals surface area contributed by atoms with E-state index in [9.17, 15) is 19.2 Å². The molecule has 10 heteroatoms. The molecule has 2 amide bonds. The number of ether oxygens (including phenoxy) is 4. The van der Waals surface area contributed by atoms with Gasteiger partial charge in [0.2, 0.25) is 0 Å². The highest BCUT2D eigenvalue weighted by Crippen LogP contribution is 2.06. The summed E-state index contributed by atoms with van der Waals surface area (Å²) in [6, 6.07) is 14.4. The minimum atomic E-state index is -1.63. The fourth-order valence-electron chi connectivity index (χ4n) is 2.59. The molecule has 0 aromatic heterocycles. The predicted molar refractivity (Wildman–Crippen MR) is 111 cm³/mol. The number of hydrogen-bond acceptors (Lipinski definition) is 8. The smallest absolute Gasteiger partial charge is 0.408 e. The van der Waals surface area contributed by atoms with Crippen LogP contribution in [0.15, 0.2) is 60.7 Å². The molecule has 2 rings (SSSR count). The highest BCUT2D eigenvalue weighted by Gasteiger charge is 2.39. The lowest BCUT2D eigenvalue weighted by Crippen LogP contribution is -2.59. The topological polar surface area (TPSA) is 129 Å². The van der Waals surface area contributed by atoms with Crippen LogP contribution in [0.3, 0.4) is 0 Å². The van der Waals surface area contributed by atoms with Gasteiger partial charge in [-0.3, -0.25) is 0 Å². The normalized spacial score (nSPS) is 11.9. The van der Waals surface area contributed by atoms with Crippen LogP contribution in [0.5, 0.6) is 0 Å². The van der Waals surface area contributed by atoms with Gasteiger partial charge in [0.15, 0.2) is 12.1 Å². The van der Waals surface area contributed by atoms with Crippen molar-refractivity contribution in [3.63, 3.8) is 0 Å². The number of esters is 2. The third-order valence-electron chi connectivity index (χ3n) is 4.22. The van der Waals surface area contributed by atoms with E-state index in [1.165, 1.54) is 0 Å².